The van der Waals surface area contributed by atoms with E-state index in [1.54, 1.807) is 6.07 Å². The van der Waals surface area contributed by atoms with Crippen LogP contribution in [-0.2, 0) is 6.18 Å². The van der Waals surface area contributed by atoms with Gasteiger partial charge in [-0.15, -0.1) is 11.3 Å². The summed E-state index contributed by atoms with van der Waals surface area (Å²) in [6.07, 6.45) is -4.61. The van der Waals surface area contributed by atoms with Crippen LogP contribution in [0.5, 0.6) is 0 Å². The zero-order valence-corrected chi connectivity index (χ0v) is 11.5. The molecule has 0 saturated carbocycles. The van der Waals surface area contributed by atoms with Gasteiger partial charge in [0.25, 0.3) is 0 Å². The Morgan fingerprint density at radius 1 is 1.16 bits per heavy atom. The van der Waals surface area contributed by atoms with Crippen LogP contribution < -0.4 is 0 Å². The van der Waals surface area contributed by atoms with Gasteiger partial charge >= 0.3 is 6.18 Å². The predicted octanol–water partition coefficient (Wildman–Crippen LogP) is 4.90. The van der Waals surface area contributed by atoms with E-state index < -0.39 is 28.9 Å². The van der Waals surface area contributed by atoms with E-state index in [9.17, 15) is 22.4 Å². The van der Waals surface area contributed by atoms with Gasteiger partial charge in [-0.2, -0.15) is 13.2 Å². The third-order valence-corrected chi connectivity index (χ3v) is 3.96. The molecule has 1 heterocycles. The molecule has 1 aromatic heterocycles. The fourth-order valence-electron chi connectivity index (χ4n) is 1.44. The van der Waals surface area contributed by atoms with Crippen LogP contribution in [0.2, 0.25) is 0 Å². The molecule has 2 rings (SSSR count). The second-order valence-electron chi connectivity index (χ2n) is 3.63. The molecule has 0 aliphatic heterocycles. The molecule has 0 N–H and O–H groups in total. The lowest BCUT2D eigenvalue weighted by atomic mass is 10.1. The number of benzene rings is 1. The van der Waals surface area contributed by atoms with Crippen LogP contribution in [0.3, 0.4) is 0 Å². The summed E-state index contributed by atoms with van der Waals surface area (Å²) in [6.45, 7) is 0. The molecule has 1 aromatic carbocycles. The second-order valence-corrected chi connectivity index (χ2v) is 6.09. The number of ketones is 1. The Morgan fingerprint density at radius 2 is 1.84 bits per heavy atom. The van der Waals surface area contributed by atoms with Crippen LogP contribution in [-0.4, -0.2) is 5.78 Å². The Bertz CT molecular complexity index is 633. The molecule has 0 saturated heterocycles. The lowest BCUT2D eigenvalue weighted by molar-refractivity contribution is -0.137. The first-order valence-electron chi connectivity index (χ1n) is 4.96. The van der Waals surface area contributed by atoms with Crippen LogP contribution in [0.15, 0.2) is 34.1 Å². The van der Waals surface area contributed by atoms with Crippen molar-refractivity contribution in [3.8, 4) is 0 Å². The third-order valence-electron chi connectivity index (χ3n) is 2.34. The molecule has 0 aliphatic rings. The Balaban J connectivity index is 2.47. The number of carbonyl (C=O) groups excluding carboxylic acids is 1. The highest BCUT2D eigenvalue weighted by Gasteiger charge is 2.32. The van der Waals surface area contributed by atoms with Gasteiger partial charge in [-0.25, -0.2) is 4.39 Å². The van der Waals surface area contributed by atoms with E-state index in [0.717, 1.165) is 11.3 Å². The fourth-order valence-corrected chi connectivity index (χ4v) is 2.78. The first kappa shape index (κ1) is 14.2. The minimum atomic E-state index is -4.61. The molecule has 2 aromatic rings. The van der Waals surface area contributed by atoms with E-state index in [-0.39, 0.29) is 4.88 Å². The van der Waals surface area contributed by atoms with Crippen molar-refractivity contribution in [2.45, 2.75) is 6.18 Å². The van der Waals surface area contributed by atoms with Gasteiger partial charge in [0.1, 0.15) is 5.82 Å². The Kier molecular flexibility index (Phi) is 3.78. The molecule has 0 atom stereocenters. The SMILES string of the molecule is O=C(c1ccc(Br)s1)c1cc(C(F)(F)F)ccc1F. The van der Waals surface area contributed by atoms with Crippen molar-refractivity contribution in [1.29, 1.82) is 0 Å². The molecule has 1 nitrogen and oxygen atoms in total. The topological polar surface area (TPSA) is 17.1 Å². The lowest BCUT2D eigenvalue weighted by Gasteiger charge is -2.08. The summed E-state index contributed by atoms with van der Waals surface area (Å²) in [5.74, 6) is -1.73. The van der Waals surface area contributed by atoms with E-state index in [1.165, 1.54) is 6.07 Å². The standard InChI is InChI=1S/C12H5BrF4OS/c13-10-4-3-9(19-10)11(18)7-5-6(12(15,16)17)1-2-8(7)14/h1-5H. The molecule has 0 radical (unpaired) electrons. The van der Waals surface area contributed by atoms with Crippen LogP contribution in [0.4, 0.5) is 17.6 Å². The van der Waals surface area contributed by atoms with E-state index >= 15 is 0 Å². The molecule has 0 spiro atoms. The number of halogens is 5. The van der Waals surface area contributed by atoms with Crippen LogP contribution in [0, 0.1) is 5.82 Å². The van der Waals surface area contributed by atoms with E-state index in [1.807, 2.05) is 0 Å². The summed E-state index contributed by atoms with van der Waals surface area (Å²) in [4.78, 5) is 12.1. The Hall–Kier alpha value is -1.21. The number of rotatable bonds is 2. The summed E-state index contributed by atoms with van der Waals surface area (Å²) in [5.41, 5.74) is -1.63. The van der Waals surface area contributed by atoms with Gasteiger partial charge in [-0.1, -0.05) is 0 Å². The molecule has 0 bridgehead atoms. The number of carbonyl (C=O) groups is 1. The number of hydrogen-bond acceptors (Lipinski definition) is 2. The van der Waals surface area contributed by atoms with E-state index in [4.69, 9.17) is 0 Å². The monoisotopic (exact) mass is 352 g/mol. The Labute approximate surface area is 118 Å². The maximum absolute atomic E-state index is 13.5. The Morgan fingerprint density at radius 3 is 2.37 bits per heavy atom. The highest BCUT2D eigenvalue weighted by Crippen LogP contribution is 2.32. The van der Waals surface area contributed by atoms with Crippen molar-refractivity contribution < 1.29 is 22.4 Å². The van der Waals surface area contributed by atoms with Gasteiger partial charge in [0, 0.05) is 0 Å². The minimum Gasteiger partial charge on any atom is -0.288 e. The summed E-state index contributed by atoms with van der Waals surface area (Å²) < 4.78 is 51.7. The largest absolute Gasteiger partial charge is 0.416 e. The zero-order valence-electron chi connectivity index (χ0n) is 9.09. The fraction of sp³-hybridized carbons (Fsp3) is 0.0833. The maximum Gasteiger partial charge on any atom is 0.416 e. The van der Waals surface area contributed by atoms with Gasteiger partial charge in [0.2, 0.25) is 5.78 Å². The zero-order chi connectivity index (χ0) is 14.2. The number of alkyl halides is 3. The van der Waals surface area contributed by atoms with Gasteiger partial charge in [0.15, 0.2) is 0 Å². The summed E-state index contributed by atoms with van der Waals surface area (Å²) in [5, 5.41) is 0. The third kappa shape index (κ3) is 3.03. The van der Waals surface area contributed by atoms with Crippen molar-refractivity contribution in [3.05, 3.63) is 55.9 Å². The van der Waals surface area contributed by atoms with Crippen molar-refractivity contribution in [1.82, 2.24) is 0 Å². The van der Waals surface area contributed by atoms with Crippen molar-refractivity contribution in [2.24, 2.45) is 0 Å². The normalized spacial score (nSPS) is 11.6. The van der Waals surface area contributed by atoms with Crippen molar-refractivity contribution in [2.75, 3.05) is 0 Å². The molecular formula is C12H5BrF4OS. The highest BCUT2D eigenvalue weighted by molar-refractivity contribution is 9.11. The smallest absolute Gasteiger partial charge is 0.288 e. The van der Waals surface area contributed by atoms with Crippen LogP contribution >= 0.6 is 27.3 Å². The average molecular weight is 353 g/mol. The quantitative estimate of drug-likeness (QED) is 0.555. The van der Waals surface area contributed by atoms with Gasteiger partial charge in [-0.05, 0) is 46.3 Å². The molecule has 19 heavy (non-hydrogen) atoms. The summed E-state index contributed by atoms with van der Waals surface area (Å²) >= 11 is 4.16. The molecular weight excluding hydrogens is 348 g/mol. The predicted molar refractivity (Wildman–Crippen MR) is 66.9 cm³/mol. The van der Waals surface area contributed by atoms with Gasteiger partial charge in [0.05, 0.1) is 19.8 Å². The molecule has 0 amide bonds. The first-order valence-corrected chi connectivity index (χ1v) is 6.57. The molecule has 100 valence electrons. The van der Waals surface area contributed by atoms with Gasteiger partial charge < -0.3 is 0 Å². The van der Waals surface area contributed by atoms with Crippen molar-refractivity contribution >= 4 is 33.0 Å². The van der Waals surface area contributed by atoms with Crippen LogP contribution in [0.1, 0.15) is 20.8 Å². The van der Waals surface area contributed by atoms with Crippen LogP contribution in [0.25, 0.3) is 0 Å². The molecule has 0 fully saturated rings. The van der Waals surface area contributed by atoms with E-state index in [2.05, 4.69) is 15.9 Å². The van der Waals surface area contributed by atoms with Gasteiger partial charge in [-0.3, -0.25) is 4.79 Å². The molecule has 7 heteroatoms. The maximum atomic E-state index is 13.5. The lowest BCUT2D eigenvalue weighted by Crippen LogP contribution is -2.09. The number of hydrogen-bond donors (Lipinski definition) is 0. The second kappa shape index (κ2) is 5.05. The summed E-state index contributed by atoms with van der Waals surface area (Å²) in [7, 11) is 0. The van der Waals surface area contributed by atoms with E-state index in [0.29, 0.717) is 22.0 Å². The first-order chi connectivity index (χ1) is 8.79. The minimum absolute atomic E-state index is 0.171. The molecule has 0 unspecified atom stereocenters. The summed E-state index contributed by atoms with van der Waals surface area (Å²) in [6, 6.07) is 4.79. The number of thiophene rings is 1. The van der Waals surface area contributed by atoms with Crippen molar-refractivity contribution in [3.63, 3.8) is 0 Å². The average Bonchev–Trinajstić information content (AvgIpc) is 2.74. The highest BCUT2D eigenvalue weighted by atomic mass is 79.9. The molecule has 0 aliphatic carbocycles.